The molecule has 1 aliphatic rings. The third kappa shape index (κ3) is 3.19. The number of anilines is 1. The third-order valence-electron chi connectivity index (χ3n) is 3.92. The van der Waals surface area contributed by atoms with Crippen molar-refractivity contribution < 1.29 is 9.53 Å². The van der Waals surface area contributed by atoms with Gasteiger partial charge in [-0.3, -0.25) is 9.69 Å². The summed E-state index contributed by atoms with van der Waals surface area (Å²) in [6.07, 6.45) is 0.820. The summed E-state index contributed by atoms with van der Waals surface area (Å²) >= 11 is 7.67. The summed E-state index contributed by atoms with van der Waals surface area (Å²) in [5.74, 6) is 0.966. The molecule has 1 amide bonds. The second kappa shape index (κ2) is 6.85. The Morgan fingerprint density at radius 1 is 1.13 bits per heavy atom. The predicted molar refractivity (Wildman–Crippen MR) is 96.3 cm³/mol. The Morgan fingerprint density at radius 3 is 2.35 bits per heavy atom. The van der Waals surface area contributed by atoms with E-state index < -0.39 is 0 Å². The average Bonchev–Trinajstić information content (AvgIpc) is 2.92. The maximum atomic E-state index is 12.8. The molecule has 5 heteroatoms. The van der Waals surface area contributed by atoms with Crippen molar-refractivity contribution in [1.82, 2.24) is 0 Å². The number of hydrogen-bond donors (Lipinski definition) is 0. The first-order valence-corrected chi connectivity index (χ1v) is 8.84. The quantitative estimate of drug-likeness (QED) is 0.787. The lowest BCUT2D eigenvalue weighted by molar-refractivity contribution is -0.117. The van der Waals surface area contributed by atoms with Crippen molar-refractivity contribution >= 4 is 35.0 Å². The molecule has 2 aromatic carbocycles. The first kappa shape index (κ1) is 16.2. The summed E-state index contributed by atoms with van der Waals surface area (Å²) in [6, 6.07) is 15.3. The number of thioether (sulfide) groups is 1. The van der Waals surface area contributed by atoms with Crippen LogP contribution in [0, 0.1) is 0 Å². The number of benzene rings is 2. The van der Waals surface area contributed by atoms with E-state index in [0.717, 1.165) is 23.4 Å². The van der Waals surface area contributed by atoms with Crippen LogP contribution in [-0.4, -0.2) is 18.3 Å². The van der Waals surface area contributed by atoms with Gasteiger partial charge in [0, 0.05) is 10.7 Å². The van der Waals surface area contributed by atoms with Crippen molar-refractivity contribution in [2.24, 2.45) is 0 Å². The van der Waals surface area contributed by atoms with E-state index in [9.17, 15) is 4.79 Å². The highest BCUT2D eigenvalue weighted by molar-refractivity contribution is 8.01. The highest BCUT2D eigenvalue weighted by Crippen LogP contribution is 2.46. The van der Waals surface area contributed by atoms with Crippen LogP contribution in [0.1, 0.15) is 24.3 Å². The summed E-state index contributed by atoms with van der Waals surface area (Å²) in [5, 5.41) is 0.624. The lowest BCUT2D eigenvalue weighted by Gasteiger charge is -2.24. The lowest BCUT2D eigenvalue weighted by atomic mass is 10.1. The van der Waals surface area contributed by atoms with Crippen LogP contribution in [0.15, 0.2) is 48.5 Å². The minimum absolute atomic E-state index is 0.0159. The van der Waals surface area contributed by atoms with Crippen LogP contribution in [-0.2, 0) is 4.79 Å². The highest BCUT2D eigenvalue weighted by Gasteiger charge is 2.40. The standard InChI is InChI=1S/C18H18ClNO2S/c1-3-16-17(21)20(14-8-6-13(19)7-9-14)18(23-16)12-4-10-15(22-2)11-5-12/h4-11,16,18H,3H2,1-2H3. The summed E-state index contributed by atoms with van der Waals surface area (Å²) in [5.41, 5.74) is 1.97. The number of ether oxygens (including phenoxy) is 1. The van der Waals surface area contributed by atoms with Gasteiger partial charge >= 0.3 is 0 Å². The number of hydrogen-bond acceptors (Lipinski definition) is 3. The van der Waals surface area contributed by atoms with E-state index in [1.165, 1.54) is 0 Å². The number of halogens is 1. The van der Waals surface area contributed by atoms with Crippen LogP contribution < -0.4 is 9.64 Å². The van der Waals surface area contributed by atoms with Crippen molar-refractivity contribution in [2.75, 3.05) is 12.0 Å². The number of nitrogens with zero attached hydrogens (tertiary/aromatic N) is 1. The molecule has 2 unspecified atom stereocenters. The molecular weight excluding hydrogens is 330 g/mol. The smallest absolute Gasteiger partial charge is 0.241 e. The van der Waals surface area contributed by atoms with Gasteiger partial charge in [0.25, 0.3) is 0 Å². The normalized spacial score (nSPS) is 20.8. The summed E-state index contributed by atoms with van der Waals surface area (Å²) in [7, 11) is 1.65. The van der Waals surface area contributed by atoms with Crippen LogP contribution in [0.4, 0.5) is 5.69 Å². The molecule has 1 saturated heterocycles. The molecule has 0 spiro atoms. The Kier molecular flexibility index (Phi) is 4.83. The fourth-order valence-electron chi connectivity index (χ4n) is 2.68. The minimum atomic E-state index is -0.0282. The van der Waals surface area contributed by atoms with Gasteiger partial charge in [-0.25, -0.2) is 0 Å². The van der Waals surface area contributed by atoms with Gasteiger partial charge in [0.05, 0.1) is 12.4 Å². The zero-order valence-corrected chi connectivity index (χ0v) is 14.6. The van der Waals surface area contributed by atoms with Crippen molar-refractivity contribution in [3.63, 3.8) is 0 Å². The number of carbonyl (C=O) groups excluding carboxylic acids is 1. The van der Waals surface area contributed by atoms with Crippen molar-refractivity contribution in [3.8, 4) is 5.75 Å². The van der Waals surface area contributed by atoms with Gasteiger partial charge in [-0.15, -0.1) is 11.8 Å². The van der Waals surface area contributed by atoms with E-state index in [1.807, 2.05) is 60.4 Å². The summed E-state index contributed by atoms with van der Waals surface area (Å²) in [4.78, 5) is 14.6. The molecule has 1 fully saturated rings. The molecule has 0 aliphatic carbocycles. The van der Waals surface area contributed by atoms with Gasteiger partial charge in [0.1, 0.15) is 11.1 Å². The molecule has 1 heterocycles. The Balaban J connectivity index is 1.97. The second-order valence-corrected chi connectivity index (χ2v) is 7.07. The lowest BCUT2D eigenvalue weighted by Crippen LogP contribution is -2.30. The molecule has 2 atom stereocenters. The van der Waals surface area contributed by atoms with Crippen molar-refractivity contribution in [3.05, 3.63) is 59.1 Å². The van der Waals surface area contributed by atoms with Crippen LogP contribution in [0.2, 0.25) is 5.02 Å². The fourth-order valence-corrected chi connectivity index (χ4v) is 4.20. The van der Waals surface area contributed by atoms with E-state index in [-0.39, 0.29) is 16.5 Å². The van der Waals surface area contributed by atoms with Gasteiger partial charge in [0.2, 0.25) is 5.91 Å². The second-order valence-electron chi connectivity index (χ2n) is 5.34. The fraction of sp³-hybridized carbons (Fsp3) is 0.278. The summed E-state index contributed by atoms with van der Waals surface area (Å²) < 4.78 is 5.22. The number of amides is 1. The summed E-state index contributed by atoms with van der Waals surface area (Å²) in [6.45, 7) is 2.05. The zero-order valence-electron chi connectivity index (χ0n) is 13.0. The predicted octanol–water partition coefficient (Wildman–Crippen LogP) is 4.91. The Bertz CT molecular complexity index is 687. The van der Waals surface area contributed by atoms with Crippen molar-refractivity contribution in [1.29, 1.82) is 0 Å². The van der Waals surface area contributed by atoms with Crippen LogP contribution >= 0.6 is 23.4 Å². The average molecular weight is 348 g/mol. The van der Waals surface area contributed by atoms with Gasteiger partial charge in [-0.2, -0.15) is 0 Å². The molecule has 0 saturated carbocycles. The number of methoxy groups -OCH3 is 1. The molecule has 0 aromatic heterocycles. The molecule has 2 aromatic rings. The Morgan fingerprint density at radius 2 is 1.78 bits per heavy atom. The van der Waals surface area contributed by atoms with E-state index in [1.54, 1.807) is 18.9 Å². The maximum absolute atomic E-state index is 12.8. The van der Waals surface area contributed by atoms with Gasteiger partial charge in [-0.1, -0.05) is 30.7 Å². The number of rotatable bonds is 4. The minimum Gasteiger partial charge on any atom is -0.497 e. The monoisotopic (exact) mass is 347 g/mol. The first-order chi connectivity index (χ1) is 11.1. The van der Waals surface area contributed by atoms with Gasteiger partial charge < -0.3 is 4.74 Å². The topological polar surface area (TPSA) is 29.5 Å². The Labute approximate surface area is 145 Å². The third-order valence-corrected chi connectivity index (χ3v) is 5.77. The molecule has 0 bridgehead atoms. The van der Waals surface area contributed by atoms with Crippen LogP contribution in [0.3, 0.4) is 0 Å². The largest absolute Gasteiger partial charge is 0.497 e. The maximum Gasteiger partial charge on any atom is 0.241 e. The van der Waals surface area contributed by atoms with Crippen molar-refractivity contribution in [2.45, 2.75) is 24.0 Å². The molecule has 1 aliphatic heterocycles. The molecule has 120 valence electrons. The number of carbonyl (C=O) groups is 1. The first-order valence-electron chi connectivity index (χ1n) is 7.52. The van der Waals surface area contributed by atoms with E-state index in [2.05, 4.69) is 0 Å². The zero-order chi connectivity index (χ0) is 16.4. The van der Waals surface area contributed by atoms with Gasteiger partial charge in [-0.05, 0) is 48.4 Å². The molecule has 3 rings (SSSR count). The van der Waals surface area contributed by atoms with E-state index in [0.29, 0.717) is 5.02 Å². The Hall–Kier alpha value is -1.65. The molecule has 23 heavy (non-hydrogen) atoms. The van der Waals surface area contributed by atoms with E-state index >= 15 is 0 Å². The van der Waals surface area contributed by atoms with E-state index in [4.69, 9.17) is 16.3 Å². The molecular formula is C18H18ClNO2S. The van der Waals surface area contributed by atoms with Crippen LogP contribution in [0.5, 0.6) is 5.75 Å². The van der Waals surface area contributed by atoms with Crippen LogP contribution in [0.25, 0.3) is 0 Å². The molecule has 0 radical (unpaired) electrons. The highest BCUT2D eigenvalue weighted by atomic mass is 35.5. The molecule has 0 N–H and O–H groups in total. The SMILES string of the molecule is CCC1SC(c2ccc(OC)cc2)N(c2ccc(Cl)cc2)C1=O. The van der Waals surface area contributed by atoms with Gasteiger partial charge in [0.15, 0.2) is 0 Å². The molecule has 3 nitrogen and oxygen atoms in total.